The Morgan fingerprint density at radius 1 is 1.65 bits per heavy atom. The van der Waals surface area contributed by atoms with E-state index >= 15 is 0 Å². The molecule has 90 valence electrons. The van der Waals surface area contributed by atoms with E-state index in [-0.39, 0.29) is 18.0 Å². The third-order valence-corrected chi connectivity index (χ3v) is 2.77. The number of esters is 1. The van der Waals surface area contributed by atoms with Gasteiger partial charge in [-0.1, -0.05) is 0 Å². The van der Waals surface area contributed by atoms with Gasteiger partial charge in [0.05, 0.1) is 18.6 Å². The van der Waals surface area contributed by atoms with Crippen LogP contribution in [0.1, 0.15) is 0 Å². The summed E-state index contributed by atoms with van der Waals surface area (Å²) in [5, 5.41) is 3.06. The first kappa shape index (κ1) is 11.7. The minimum absolute atomic E-state index is 0.213. The SMILES string of the molecule is COC(=O)C1=CN2C(=O)C=C(CCl)NC2C=C1. The zero-order valence-corrected chi connectivity index (χ0v) is 9.90. The molecule has 0 radical (unpaired) electrons. The molecule has 1 unspecified atom stereocenters. The second-order valence-corrected chi connectivity index (χ2v) is 3.84. The van der Waals surface area contributed by atoms with Gasteiger partial charge in [0.15, 0.2) is 0 Å². The average Bonchev–Trinajstić information content (AvgIpc) is 2.37. The fraction of sp³-hybridized carbons (Fsp3) is 0.273. The highest BCUT2D eigenvalue weighted by molar-refractivity contribution is 6.19. The zero-order chi connectivity index (χ0) is 12.4. The molecule has 6 heteroatoms. The monoisotopic (exact) mass is 254 g/mol. The largest absolute Gasteiger partial charge is 0.465 e. The lowest BCUT2D eigenvalue weighted by atomic mass is 10.1. The number of methoxy groups -OCH3 is 1. The number of carbonyl (C=O) groups is 2. The van der Waals surface area contributed by atoms with E-state index in [9.17, 15) is 9.59 Å². The number of hydrogen-bond acceptors (Lipinski definition) is 4. The molecule has 0 aliphatic carbocycles. The number of nitrogens with zero attached hydrogens (tertiary/aromatic N) is 1. The van der Waals surface area contributed by atoms with Gasteiger partial charge < -0.3 is 10.1 Å². The van der Waals surface area contributed by atoms with E-state index < -0.39 is 5.97 Å². The fourth-order valence-electron chi connectivity index (χ4n) is 1.65. The van der Waals surface area contributed by atoms with Gasteiger partial charge in [0, 0.05) is 18.0 Å². The van der Waals surface area contributed by atoms with Gasteiger partial charge in [-0.05, 0) is 12.2 Å². The summed E-state index contributed by atoms with van der Waals surface area (Å²) in [4.78, 5) is 24.5. The summed E-state index contributed by atoms with van der Waals surface area (Å²) in [6.45, 7) is 0. The lowest BCUT2D eigenvalue weighted by molar-refractivity contribution is -0.135. The Labute approximate surface area is 103 Å². The van der Waals surface area contributed by atoms with Crippen molar-refractivity contribution in [3.05, 3.63) is 35.7 Å². The van der Waals surface area contributed by atoms with Gasteiger partial charge in [-0.25, -0.2) is 4.79 Å². The highest BCUT2D eigenvalue weighted by Gasteiger charge is 2.28. The van der Waals surface area contributed by atoms with Crippen LogP contribution in [0.5, 0.6) is 0 Å². The molecule has 5 nitrogen and oxygen atoms in total. The van der Waals surface area contributed by atoms with Crippen LogP contribution in [0.25, 0.3) is 0 Å². The Bertz CT molecular complexity index is 454. The van der Waals surface area contributed by atoms with Crippen molar-refractivity contribution in [1.82, 2.24) is 10.2 Å². The predicted octanol–water partition coefficient (Wildman–Crippen LogP) is 0.494. The van der Waals surface area contributed by atoms with Crippen LogP contribution < -0.4 is 5.32 Å². The number of carbonyl (C=O) groups excluding carboxylic acids is 2. The first-order valence-electron chi connectivity index (χ1n) is 4.99. The van der Waals surface area contributed by atoms with Crippen molar-refractivity contribution in [1.29, 1.82) is 0 Å². The van der Waals surface area contributed by atoms with E-state index in [1.807, 2.05) is 0 Å². The second-order valence-electron chi connectivity index (χ2n) is 3.57. The summed E-state index contributed by atoms with van der Waals surface area (Å²) in [7, 11) is 1.30. The molecular formula is C11H11ClN2O3. The van der Waals surface area contributed by atoms with Gasteiger partial charge in [-0.2, -0.15) is 0 Å². The number of ether oxygens (including phenoxy) is 1. The van der Waals surface area contributed by atoms with Crippen LogP contribution >= 0.6 is 11.6 Å². The Morgan fingerprint density at radius 3 is 3.06 bits per heavy atom. The maximum Gasteiger partial charge on any atom is 0.339 e. The van der Waals surface area contributed by atoms with Gasteiger partial charge in [0.2, 0.25) is 0 Å². The number of rotatable bonds is 2. The molecule has 1 amide bonds. The normalized spacial score (nSPS) is 22.4. The average molecular weight is 255 g/mol. The summed E-state index contributed by atoms with van der Waals surface area (Å²) in [6, 6.07) is 0. The molecule has 2 aliphatic rings. The maximum atomic E-state index is 11.8. The number of allylic oxidation sites excluding steroid dienone is 1. The van der Waals surface area contributed by atoms with Crippen LogP contribution in [0, 0.1) is 0 Å². The summed E-state index contributed by atoms with van der Waals surface area (Å²) < 4.78 is 4.59. The van der Waals surface area contributed by atoms with Gasteiger partial charge in [0.25, 0.3) is 5.91 Å². The fourth-order valence-corrected chi connectivity index (χ4v) is 1.80. The molecule has 0 saturated carbocycles. The number of fused-ring (bicyclic) bond motifs is 1. The first-order valence-corrected chi connectivity index (χ1v) is 5.53. The Hall–Kier alpha value is -1.75. The van der Waals surface area contributed by atoms with Crippen LogP contribution in [-0.2, 0) is 14.3 Å². The van der Waals surface area contributed by atoms with Crippen LogP contribution in [0.2, 0.25) is 0 Å². The van der Waals surface area contributed by atoms with Crippen molar-refractivity contribution in [2.24, 2.45) is 0 Å². The summed E-state index contributed by atoms with van der Waals surface area (Å²) in [6.07, 6.45) is 5.91. The number of halogens is 1. The number of hydrogen-bond donors (Lipinski definition) is 1. The third kappa shape index (κ3) is 2.19. The van der Waals surface area contributed by atoms with Crippen molar-refractivity contribution in [3.8, 4) is 0 Å². The van der Waals surface area contributed by atoms with Crippen LogP contribution in [0.15, 0.2) is 35.7 Å². The zero-order valence-electron chi connectivity index (χ0n) is 9.14. The standard InChI is InChI=1S/C11H11ClN2O3/c1-17-11(16)7-2-3-9-13-8(5-12)4-10(15)14(9)6-7/h2-4,6,9,13H,5H2,1H3. The van der Waals surface area contributed by atoms with Crippen molar-refractivity contribution in [3.63, 3.8) is 0 Å². The van der Waals surface area contributed by atoms with Crippen molar-refractivity contribution in [2.75, 3.05) is 13.0 Å². The van der Waals surface area contributed by atoms with Crippen molar-refractivity contribution >= 4 is 23.5 Å². The van der Waals surface area contributed by atoms with E-state index in [0.29, 0.717) is 11.3 Å². The number of nitrogens with one attached hydrogen (secondary N) is 1. The molecule has 2 heterocycles. The van der Waals surface area contributed by atoms with Crippen molar-refractivity contribution in [2.45, 2.75) is 6.17 Å². The Morgan fingerprint density at radius 2 is 2.41 bits per heavy atom. The predicted molar refractivity (Wildman–Crippen MR) is 61.8 cm³/mol. The minimum Gasteiger partial charge on any atom is -0.465 e. The Kier molecular flexibility index (Phi) is 3.19. The van der Waals surface area contributed by atoms with Gasteiger partial charge >= 0.3 is 5.97 Å². The molecule has 0 saturated heterocycles. The van der Waals surface area contributed by atoms with Crippen molar-refractivity contribution < 1.29 is 14.3 Å². The molecule has 0 bridgehead atoms. The lowest BCUT2D eigenvalue weighted by Crippen LogP contribution is -2.49. The lowest BCUT2D eigenvalue weighted by Gasteiger charge is -2.34. The molecule has 1 N–H and O–H groups in total. The smallest absolute Gasteiger partial charge is 0.339 e. The molecule has 0 spiro atoms. The van der Waals surface area contributed by atoms with Gasteiger partial charge in [0.1, 0.15) is 6.17 Å². The van der Waals surface area contributed by atoms with E-state index in [4.69, 9.17) is 11.6 Å². The molecule has 17 heavy (non-hydrogen) atoms. The minimum atomic E-state index is -0.473. The van der Waals surface area contributed by atoms with Crippen LogP contribution in [0.3, 0.4) is 0 Å². The third-order valence-electron chi connectivity index (χ3n) is 2.49. The molecule has 2 rings (SSSR count). The highest BCUT2D eigenvalue weighted by Crippen LogP contribution is 2.18. The quantitative estimate of drug-likeness (QED) is 0.576. The molecule has 0 aromatic heterocycles. The number of alkyl halides is 1. The van der Waals surface area contributed by atoms with Crippen LogP contribution in [-0.4, -0.2) is 35.9 Å². The summed E-state index contributed by atoms with van der Waals surface area (Å²) in [5.74, 6) is -0.438. The number of amides is 1. The molecule has 1 atom stereocenters. The maximum absolute atomic E-state index is 11.8. The van der Waals surface area contributed by atoms with E-state index in [1.165, 1.54) is 24.3 Å². The Balaban J connectivity index is 2.26. The molecule has 0 aromatic carbocycles. The molecular weight excluding hydrogens is 244 g/mol. The first-order chi connectivity index (χ1) is 8.15. The summed E-state index contributed by atoms with van der Waals surface area (Å²) >= 11 is 5.66. The van der Waals surface area contributed by atoms with E-state index in [2.05, 4.69) is 10.1 Å². The highest BCUT2D eigenvalue weighted by atomic mass is 35.5. The second kappa shape index (κ2) is 4.63. The van der Waals surface area contributed by atoms with E-state index in [1.54, 1.807) is 12.2 Å². The topological polar surface area (TPSA) is 58.6 Å². The van der Waals surface area contributed by atoms with Gasteiger partial charge in [-0.15, -0.1) is 11.6 Å². The summed E-state index contributed by atoms with van der Waals surface area (Å²) in [5.41, 5.74) is 0.999. The van der Waals surface area contributed by atoms with Gasteiger partial charge in [-0.3, -0.25) is 9.69 Å². The molecule has 2 aliphatic heterocycles. The molecule has 0 aromatic rings. The van der Waals surface area contributed by atoms with E-state index in [0.717, 1.165) is 0 Å². The van der Waals surface area contributed by atoms with Crippen LogP contribution in [0.4, 0.5) is 0 Å². The molecule has 0 fully saturated rings.